The zero-order chi connectivity index (χ0) is 19.1. The van der Waals surface area contributed by atoms with Gasteiger partial charge in [-0.05, 0) is 23.9 Å². The fourth-order valence-corrected chi connectivity index (χ4v) is 4.01. The van der Waals surface area contributed by atoms with E-state index in [0.29, 0.717) is 17.9 Å². The number of quaternary nitrogens is 1. The number of nitrogens with one attached hydrogen (secondary N) is 1. The number of carbonyl (C=O) groups is 1. The van der Waals surface area contributed by atoms with Crippen molar-refractivity contribution in [3.63, 3.8) is 0 Å². The van der Waals surface area contributed by atoms with Crippen LogP contribution in [0, 0.1) is 11.3 Å². The first kappa shape index (κ1) is 19.2. The summed E-state index contributed by atoms with van der Waals surface area (Å²) in [6.07, 6.45) is 4.12. The Morgan fingerprint density at radius 1 is 1.37 bits per heavy atom. The van der Waals surface area contributed by atoms with E-state index >= 15 is 0 Å². The average Bonchev–Trinajstić information content (AvgIpc) is 3.06. The molecule has 1 aromatic rings. The summed E-state index contributed by atoms with van der Waals surface area (Å²) in [4.78, 5) is 20.8. The summed E-state index contributed by atoms with van der Waals surface area (Å²) in [5, 5.41) is 9.49. The minimum absolute atomic E-state index is 0.201. The maximum atomic E-state index is 12.4. The van der Waals surface area contributed by atoms with Crippen LogP contribution in [0.25, 0.3) is 6.08 Å². The number of nitriles is 1. The molecule has 6 nitrogen and oxygen atoms in total. The van der Waals surface area contributed by atoms with Gasteiger partial charge in [0, 0.05) is 5.56 Å². The standard InChI is InChI=1S/C20H22N4O2S/c1-2-14-26-17-7-4-3-6-16(17)15-18-19(25)22-20(27-18)24-12-10-23(11-13-24)9-5-8-21/h2-4,6-7,15H,1,5,9-14H2/p+1/b18-15-. The molecule has 0 aliphatic carbocycles. The van der Waals surface area contributed by atoms with Gasteiger partial charge < -0.3 is 14.5 Å². The van der Waals surface area contributed by atoms with Crippen LogP contribution in [0.15, 0.2) is 46.8 Å². The van der Waals surface area contributed by atoms with E-state index in [9.17, 15) is 4.79 Å². The van der Waals surface area contributed by atoms with Crippen LogP contribution in [0.2, 0.25) is 0 Å². The molecule has 2 aliphatic heterocycles. The molecule has 1 fully saturated rings. The zero-order valence-electron chi connectivity index (χ0n) is 15.2. The predicted octanol–water partition coefficient (Wildman–Crippen LogP) is 1.34. The van der Waals surface area contributed by atoms with Crippen molar-refractivity contribution in [1.29, 1.82) is 5.26 Å². The molecular formula is C20H23N4O2S+. The highest BCUT2D eigenvalue weighted by Gasteiger charge is 2.29. The van der Waals surface area contributed by atoms with Gasteiger partial charge in [0.15, 0.2) is 5.17 Å². The molecule has 0 spiro atoms. The summed E-state index contributed by atoms with van der Waals surface area (Å²) < 4.78 is 5.66. The van der Waals surface area contributed by atoms with Crippen LogP contribution in [0.4, 0.5) is 0 Å². The van der Waals surface area contributed by atoms with Crippen molar-refractivity contribution >= 4 is 28.9 Å². The van der Waals surface area contributed by atoms with Crippen molar-refractivity contribution in [3.05, 3.63) is 47.4 Å². The summed E-state index contributed by atoms with van der Waals surface area (Å²) >= 11 is 1.42. The largest absolute Gasteiger partial charge is 0.489 e. The molecule has 1 saturated heterocycles. The van der Waals surface area contributed by atoms with Gasteiger partial charge >= 0.3 is 0 Å². The first-order valence-electron chi connectivity index (χ1n) is 9.02. The lowest BCUT2D eigenvalue weighted by Gasteiger charge is -2.32. The molecule has 0 unspecified atom stereocenters. The van der Waals surface area contributed by atoms with E-state index in [-0.39, 0.29) is 5.91 Å². The Hall–Kier alpha value is -2.56. The molecule has 1 aromatic carbocycles. The van der Waals surface area contributed by atoms with Gasteiger partial charge in [0.2, 0.25) is 0 Å². The molecule has 140 valence electrons. The van der Waals surface area contributed by atoms with E-state index in [0.717, 1.165) is 49.2 Å². The van der Waals surface area contributed by atoms with Crippen LogP contribution >= 0.6 is 11.8 Å². The van der Waals surface area contributed by atoms with E-state index in [1.165, 1.54) is 16.7 Å². The van der Waals surface area contributed by atoms with Crippen molar-refractivity contribution in [3.8, 4) is 11.8 Å². The molecule has 2 heterocycles. The Morgan fingerprint density at radius 2 is 2.15 bits per heavy atom. The van der Waals surface area contributed by atoms with Crippen LogP contribution in [-0.4, -0.2) is 55.3 Å². The highest BCUT2D eigenvalue weighted by atomic mass is 32.2. The van der Waals surface area contributed by atoms with Crippen LogP contribution in [0.1, 0.15) is 12.0 Å². The number of hydrogen-bond donors (Lipinski definition) is 1. The summed E-state index contributed by atoms with van der Waals surface area (Å²) in [6.45, 7) is 8.60. The number of carbonyl (C=O) groups excluding carboxylic acids is 1. The van der Waals surface area contributed by atoms with Crippen LogP contribution < -0.4 is 9.64 Å². The Labute approximate surface area is 163 Å². The molecule has 3 rings (SSSR count). The van der Waals surface area contributed by atoms with Crippen molar-refractivity contribution in [2.24, 2.45) is 4.99 Å². The maximum Gasteiger partial charge on any atom is 0.286 e. The number of hydrogen-bond acceptors (Lipinski definition) is 5. The van der Waals surface area contributed by atoms with Gasteiger partial charge in [0.25, 0.3) is 5.91 Å². The van der Waals surface area contributed by atoms with E-state index in [2.05, 4.69) is 22.5 Å². The van der Waals surface area contributed by atoms with Crippen LogP contribution in [0.5, 0.6) is 5.75 Å². The van der Waals surface area contributed by atoms with Gasteiger partial charge in [-0.25, -0.2) is 0 Å². The molecule has 0 radical (unpaired) electrons. The smallest absolute Gasteiger partial charge is 0.286 e. The average molecular weight is 383 g/mol. The zero-order valence-corrected chi connectivity index (χ0v) is 16.0. The summed E-state index contributed by atoms with van der Waals surface area (Å²) in [7, 11) is 0. The lowest BCUT2D eigenvalue weighted by molar-refractivity contribution is -0.903. The van der Waals surface area contributed by atoms with E-state index in [4.69, 9.17) is 10.00 Å². The van der Waals surface area contributed by atoms with Crippen molar-refractivity contribution in [2.45, 2.75) is 6.42 Å². The van der Waals surface area contributed by atoms with Crippen LogP contribution in [0.3, 0.4) is 0 Å². The number of para-hydroxylation sites is 1. The first-order chi connectivity index (χ1) is 13.2. The van der Waals surface area contributed by atoms with Crippen molar-refractivity contribution < 1.29 is 14.4 Å². The Morgan fingerprint density at radius 3 is 2.89 bits per heavy atom. The normalized spacial score (nSPS) is 19.1. The molecule has 0 bridgehead atoms. The minimum atomic E-state index is -0.201. The highest BCUT2D eigenvalue weighted by molar-refractivity contribution is 8.18. The van der Waals surface area contributed by atoms with Gasteiger partial charge in [-0.1, -0.05) is 30.9 Å². The van der Waals surface area contributed by atoms with E-state index in [1.807, 2.05) is 30.3 Å². The molecule has 1 N–H and O–H groups in total. The number of piperazine rings is 1. The highest BCUT2D eigenvalue weighted by Crippen LogP contribution is 2.32. The van der Waals surface area contributed by atoms with Crippen molar-refractivity contribution in [2.75, 3.05) is 39.3 Å². The monoisotopic (exact) mass is 383 g/mol. The Bertz CT molecular complexity index is 804. The summed E-state index contributed by atoms with van der Waals surface area (Å²) in [5.41, 5.74) is 0.859. The summed E-state index contributed by atoms with van der Waals surface area (Å²) in [5.74, 6) is 0.522. The lowest BCUT2D eigenvalue weighted by Crippen LogP contribution is -3.14. The van der Waals surface area contributed by atoms with Gasteiger partial charge in [0.1, 0.15) is 12.4 Å². The number of benzene rings is 1. The van der Waals surface area contributed by atoms with Gasteiger partial charge in [0.05, 0.1) is 50.1 Å². The number of thioether (sulfide) groups is 1. The topological polar surface area (TPSA) is 70.1 Å². The minimum Gasteiger partial charge on any atom is -0.489 e. The van der Waals surface area contributed by atoms with Crippen molar-refractivity contribution in [1.82, 2.24) is 4.90 Å². The summed E-state index contributed by atoms with van der Waals surface area (Å²) in [6, 6.07) is 9.83. The third-order valence-corrected chi connectivity index (χ3v) is 5.55. The molecular weight excluding hydrogens is 360 g/mol. The molecule has 1 amide bonds. The number of amides is 1. The Balaban J connectivity index is 1.64. The SMILES string of the molecule is C=CCOc1ccccc1/C=C1\SC(N2CC[NH+](CCC#N)CC2)=NC1=O. The third-order valence-electron chi connectivity index (χ3n) is 4.50. The van der Waals surface area contributed by atoms with Crippen LogP contribution in [-0.2, 0) is 4.79 Å². The number of ether oxygens (including phenoxy) is 1. The second kappa shape index (κ2) is 9.40. The number of aliphatic imine (C=N–C) groups is 1. The molecule has 7 heteroatoms. The number of nitrogens with zero attached hydrogens (tertiary/aromatic N) is 3. The number of rotatable bonds is 6. The molecule has 2 aliphatic rings. The van der Waals surface area contributed by atoms with Gasteiger partial charge in [-0.3, -0.25) is 4.79 Å². The molecule has 0 aromatic heterocycles. The number of amidine groups is 1. The lowest BCUT2D eigenvalue weighted by atomic mass is 10.2. The first-order valence-corrected chi connectivity index (χ1v) is 9.83. The molecule has 0 saturated carbocycles. The maximum absolute atomic E-state index is 12.4. The fraction of sp³-hybridized carbons (Fsp3) is 0.350. The third kappa shape index (κ3) is 5.00. The second-order valence-corrected chi connectivity index (χ2v) is 7.35. The second-order valence-electron chi connectivity index (χ2n) is 6.34. The molecule has 0 atom stereocenters. The Kier molecular flexibility index (Phi) is 6.69. The van der Waals surface area contributed by atoms with E-state index in [1.54, 1.807) is 6.08 Å². The quantitative estimate of drug-likeness (QED) is 0.593. The fourth-order valence-electron chi connectivity index (χ4n) is 3.05. The van der Waals surface area contributed by atoms with Gasteiger partial charge in [-0.15, -0.1) is 0 Å². The predicted molar refractivity (Wildman–Crippen MR) is 108 cm³/mol. The van der Waals surface area contributed by atoms with Gasteiger partial charge in [-0.2, -0.15) is 10.3 Å². The molecule has 27 heavy (non-hydrogen) atoms. The van der Waals surface area contributed by atoms with E-state index < -0.39 is 0 Å².